The summed E-state index contributed by atoms with van der Waals surface area (Å²) in [6.45, 7) is 4.25. The minimum Gasteiger partial charge on any atom is -0.474 e. The molecule has 5 nitrogen and oxygen atoms in total. The Balaban J connectivity index is 1.44. The monoisotopic (exact) mass is 403 g/mol. The number of nitrogens with zero attached hydrogens (tertiary/aromatic N) is 3. The fourth-order valence-electron chi connectivity index (χ4n) is 4.37. The molecule has 2 aromatic carbocycles. The molecule has 2 aromatic rings. The summed E-state index contributed by atoms with van der Waals surface area (Å²) >= 11 is 0. The number of rotatable bonds is 7. The first-order valence-corrected chi connectivity index (χ1v) is 11.1. The van der Waals surface area contributed by atoms with Crippen LogP contribution in [0.1, 0.15) is 55.8 Å². The van der Waals surface area contributed by atoms with Gasteiger partial charge in [-0.25, -0.2) is 0 Å². The fourth-order valence-corrected chi connectivity index (χ4v) is 4.37. The Bertz CT molecular complexity index is 900. The van der Waals surface area contributed by atoms with Crippen LogP contribution < -0.4 is 9.64 Å². The number of likely N-dealkylation sites (tertiary alicyclic amines) is 1. The zero-order chi connectivity index (χ0) is 20.8. The van der Waals surface area contributed by atoms with Crippen LogP contribution in [0.15, 0.2) is 48.5 Å². The molecule has 1 amide bonds. The van der Waals surface area contributed by atoms with Gasteiger partial charge in [-0.15, -0.1) is 0 Å². The molecule has 1 fully saturated rings. The number of hydrogen-bond acceptors (Lipinski definition) is 4. The van der Waals surface area contributed by atoms with Crippen molar-refractivity contribution in [3.8, 4) is 11.8 Å². The second-order valence-corrected chi connectivity index (χ2v) is 8.16. The van der Waals surface area contributed by atoms with Crippen LogP contribution in [0.2, 0.25) is 0 Å². The summed E-state index contributed by atoms with van der Waals surface area (Å²) in [4.78, 5) is 17.7. The predicted octanol–water partition coefficient (Wildman–Crippen LogP) is 4.68. The Hall–Kier alpha value is -2.84. The molecule has 30 heavy (non-hydrogen) atoms. The van der Waals surface area contributed by atoms with Crippen LogP contribution in [0.5, 0.6) is 5.75 Å². The van der Waals surface area contributed by atoms with Crippen molar-refractivity contribution in [1.29, 1.82) is 5.26 Å². The summed E-state index contributed by atoms with van der Waals surface area (Å²) in [5.41, 5.74) is 2.10. The van der Waals surface area contributed by atoms with Gasteiger partial charge in [0.25, 0.3) is 5.91 Å². The van der Waals surface area contributed by atoms with Gasteiger partial charge in [0.15, 0.2) is 0 Å². The topological polar surface area (TPSA) is 56.6 Å². The lowest BCUT2D eigenvalue weighted by molar-refractivity contribution is -0.126. The molecule has 0 bridgehead atoms. The molecule has 2 heterocycles. The van der Waals surface area contributed by atoms with Gasteiger partial charge in [0.05, 0.1) is 17.3 Å². The number of anilines is 1. The van der Waals surface area contributed by atoms with Crippen LogP contribution in [0.4, 0.5) is 5.69 Å². The third kappa shape index (κ3) is 4.66. The number of carbonyl (C=O) groups is 1. The van der Waals surface area contributed by atoms with Gasteiger partial charge in [0.2, 0.25) is 6.10 Å². The van der Waals surface area contributed by atoms with Crippen molar-refractivity contribution in [3.05, 3.63) is 59.7 Å². The first-order valence-electron chi connectivity index (χ1n) is 11.1. The van der Waals surface area contributed by atoms with Crippen molar-refractivity contribution in [1.82, 2.24) is 4.90 Å². The highest BCUT2D eigenvalue weighted by Gasteiger charge is 2.35. The standard InChI is InChI=1S/C25H29N3O2/c26-19-20-12-13-23-22(18-20)28(17-9-3-8-16-27-14-6-2-7-15-27)25(29)24(30-23)21-10-4-1-5-11-21/h1,4-5,10-13,18,24H,2-3,6-9,14-17H2. The Morgan fingerprint density at radius 3 is 2.50 bits per heavy atom. The molecule has 4 rings (SSSR count). The van der Waals surface area contributed by atoms with Gasteiger partial charge in [-0.3, -0.25) is 4.79 Å². The Kier molecular flexibility index (Phi) is 6.66. The molecule has 1 saturated heterocycles. The summed E-state index contributed by atoms with van der Waals surface area (Å²) in [5.74, 6) is 0.607. The van der Waals surface area contributed by atoms with E-state index < -0.39 is 6.10 Å². The van der Waals surface area contributed by atoms with Crippen LogP contribution in [0, 0.1) is 11.3 Å². The number of nitriles is 1. The highest BCUT2D eigenvalue weighted by Crippen LogP contribution is 2.39. The average molecular weight is 404 g/mol. The van der Waals surface area contributed by atoms with Crippen LogP contribution in [0.25, 0.3) is 0 Å². The number of unbranched alkanes of at least 4 members (excludes halogenated alkanes) is 2. The second-order valence-electron chi connectivity index (χ2n) is 8.16. The van der Waals surface area contributed by atoms with Crippen molar-refractivity contribution in [2.45, 2.75) is 44.6 Å². The van der Waals surface area contributed by atoms with E-state index in [0.717, 1.165) is 31.4 Å². The molecule has 1 atom stereocenters. The number of carbonyl (C=O) groups excluding carboxylic acids is 1. The zero-order valence-corrected chi connectivity index (χ0v) is 17.4. The molecule has 5 heteroatoms. The summed E-state index contributed by atoms with van der Waals surface area (Å²) in [6, 6.07) is 17.1. The van der Waals surface area contributed by atoms with Gasteiger partial charge in [-0.1, -0.05) is 43.2 Å². The molecule has 156 valence electrons. The molecule has 0 aliphatic carbocycles. The SMILES string of the molecule is N#Cc1ccc2c(c1)N(CCCCCN1CCCCC1)C(=O)C(c1ccccc1)O2. The van der Waals surface area contributed by atoms with E-state index in [0.29, 0.717) is 23.5 Å². The normalized spacial score (nSPS) is 19.1. The molecule has 0 saturated carbocycles. The van der Waals surface area contributed by atoms with E-state index in [9.17, 15) is 10.1 Å². The first-order chi connectivity index (χ1) is 14.8. The van der Waals surface area contributed by atoms with Crippen LogP contribution >= 0.6 is 0 Å². The van der Waals surface area contributed by atoms with Gasteiger partial charge in [0, 0.05) is 12.1 Å². The third-order valence-electron chi connectivity index (χ3n) is 6.02. The summed E-state index contributed by atoms with van der Waals surface area (Å²) in [6.07, 6.45) is 6.55. The third-order valence-corrected chi connectivity index (χ3v) is 6.02. The number of ether oxygens (including phenoxy) is 1. The van der Waals surface area contributed by atoms with E-state index in [4.69, 9.17) is 4.74 Å². The van der Waals surface area contributed by atoms with E-state index in [-0.39, 0.29) is 5.91 Å². The summed E-state index contributed by atoms with van der Waals surface area (Å²) in [5, 5.41) is 9.29. The molecular formula is C25H29N3O2. The maximum atomic E-state index is 13.3. The van der Waals surface area contributed by atoms with Gasteiger partial charge < -0.3 is 14.5 Å². The Morgan fingerprint density at radius 2 is 1.73 bits per heavy atom. The summed E-state index contributed by atoms with van der Waals surface area (Å²) < 4.78 is 6.06. The number of benzene rings is 2. The largest absolute Gasteiger partial charge is 0.474 e. The van der Waals surface area contributed by atoms with Crippen molar-refractivity contribution < 1.29 is 9.53 Å². The zero-order valence-electron chi connectivity index (χ0n) is 17.4. The maximum absolute atomic E-state index is 13.3. The van der Waals surface area contributed by atoms with Crippen molar-refractivity contribution in [3.63, 3.8) is 0 Å². The minimum absolute atomic E-state index is 0.0557. The number of hydrogen-bond donors (Lipinski definition) is 0. The molecule has 0 N–H and O–H groups in total. The molecule has 0 spiro atoms. The Morgan fingerprint density at radius 1 is 0.967 bits per heavy atom. The predicted molar refractivity (Wildman–Crippen MR) is 117 cm³/mol. The molecule has 2 aliphatic rings. The van der Waals surface area contributed by atoms with Gasteiger partial charge in [-0.2, -0.15) is 5.26 Å². The van der Waals surface area contributed by atoms with Gasteiger partial charge in [-0.05, 0) is 63.5 Å². The smallest absolute Gasteiger partial charge is 0.272 e. The lowest BCUT2D eigenvalue weighted by Gasteiger charge is -2.35. The van der Waals surface area contributed by atoms with E-state index in [1.165, 1.54) is 32.4 Å². The Labute approximate surface area is 178 Å². The lowest BCUT2D eigenvalue weighted by Crippen LogP contribution is -2.41. The average Bonchev–Trinajstić information content (AvgIpc) is 2.80. The highest BCUT2D eigenvalue weighted by atomic mass is 16.5. The molecule has 1 unspecified atom stereocenters. The molecule has 2 aliphatic heterocycles. The number of amides is 1. The first kappa shape index (κ1) is 20.4. The van der Waals surface area contributed by atoms with Crippen LogP contribution in [-0.4, -0.2) is 37.0 Å². The molecule has 0 aromatic heterocycles. The van der Waals surface area contributed by atoms with E-state index >= 15 is 0 Å². The molecular weight excluding hydrogens is 374 g/mol. The molecule has 0 radical (unpaired) electrons. The highest BCUT2D eigenvalue weighted by molar-refractivity contribution is 6.00. The minimum atomic E-state index is -0.639. The lowest BCUT2D eigenvalue weighted by atomic mass is 10.0. The van der Waals surface area contributed by atoms with E-state index in [1.54, 1.807) is 18.2 Å². The summed E-state index contributed by atoms with van der Waals surface area (Å²) in [7, 11) is 0. The van der Waals surface area contributed by atoms with Gasteiger partial charge >= 0.3 is 0 Å². The van der Waals surface area contributed by atoms with Crippen LogP contribution in [-0.2, 0) is 4.79 Å². The number of piperidine rings is 1. The maximum Gasteiger partial charge on any atom is 0.272 e. The second kappa shape index (κ2) is 9.77. The van der Waals surface area contributed by atoms with Crippen LogP contribution in [0.3, 0.4) is 0 Å². The van der Waals surface area contributed by atoms with Crippen molar-refractivity contribution >= 4 is 11.6 Å². The van der Waals surface area contributed by atoms with Crippen molar-refractivity contribution in [2.75, 3.05) is 31.1 Å². The van der Waals surface area contributed by atoms with E-state index in [1.807, 2.05) is 35.2 Å². The fraction of sp³-hybridized carbons (Fsp3) is 0.440. The number of fused-ring (bicyclic) bond motifs is 1. The van der Waals surface area contributed by atoms with E-state index in [2.05, 4.69) is 11.0 Å². The van der Waals surface area contributed by atoms with Crippen molar-refractivity contribution in [2.24, 2.45) is 0 Å². The van der Waals surface area contributed by atoms with Gasteiger partial charge in [0.1, 0.15) is 5.75 Å². The quantitative estimate of drug-likeness (QED) is 0.630.